The zero-order valence-electron chi connectivity index (χ0n) is 11.4. The molecule has 1 atom stereocenters. The van der Waals surface area contributed by atoms with Gasteiger partial charge in [0.2, 0.25) is 5.91 Å². The minimum absolute atomic E-state index is 0.0587. The Bertz CT molecular complexity index is 579. The number of carbonyl (C=O) groups is 1. The first-order valence-corrected chi connectivity index (χ1v) is 6.35. The number of amides is 1. The Morgan fingerprint density at radius 3 is 2.89 bits per heavy atom. The molecule has 1 heterocycles. The lowest BCUT2D eigenvalue weighted by molar-refractivity contribution is -0.130. The van der Waals surface area contributed by atoms with E-state index in [4.69, 9.17) is 0 Å². The maximum absolute atomic E-state index is 12.0. The van der Waals surface area contributed by atoms with Gasteiger partial charge in [0, 0.05) is 19.0 Å². The van der Waals surface area contributed by atoms with Crippen LogP contribution in [0.2, 0.25) is 0 Å². The van der Waals surface area contributed by atoms with E-state index in [-0.39, 0.29) is 11.9 Å². The second-order valence-corrected chi connectivity index (χ2v) is 4.49. The minimum atomic E-state index is -0.294. The highest BCUT2D eigenvalue weighted by molar-refractivity contribution is 5.93. The number of anilines is 1. The summed E-state index contributed by atoms with van der Waals surface area (Å²) in [5.74, 6) is 0.0587. The number of likely N-dealkylation sites (N-methyl/N-ethyl adjacent to an activating group) is 1. The summed E-state index contributed by atoms with van der Waals surface area (Å²) in [6.07, 6.45) is 1.65. The van der Waals surface area contributed by atoms with Crippen molar-refractivity contribution in [2.75, 3.05) is 18.9 Å². The summed E-state index contributed by atoms with van der Waals surface area (Å²) in [6, 6.07) is 7.43. The highest BCUT2D eigenvalue weighted by Crippen LogP contribution is 2.20. The fourth-order valence-electron chi connectivity index (χ4n) is 1.90. The van der Waals surface area contributed by atoms with Crippen molar-refractivity contribution in [3.63, 3.8) is 0 Å². The van der Waals surface area contributed by atoms with Gasteiger partial charge in [-0.1, -0.05) is 18.2 Å². The zero-order chi connectivity index (χ0) is 13.8. The molecule has 0 saturated carbocycles. The Kier molecular flexibility index (Phi) is 3.94. The molecular weight excluding hydrogens is 240 g/mol. The van der Waals surface area contributed by atoms with Crippen molar-refractivity contribution in [3.8, 4) is 0 Å². The van der Waals surface area contributed by atoms with E-state index in [9.17, 15) is 4.79 Å². The summed E-state index contributed by atoms with van der Waals surface area (Å²) in [6.45, 7) is 4.50. The monoisotopic (exact) mass is 258 g/mol. The summed E-state index contributed by atoms with van der Waals surface area (Å²) in [4.78, 5) is 13.7. The highest BCUT2D eigenvalue weighted by Gasteiger charge is 2.17. The predicted molar refractivity (Wildman–Crippen MR) is 75.9 cm³/mol. The molecule has 0 aliphatic rings. The van der Waals surface area contributed by atoms with E-state index in [1.165, 1.54) is 0 Å². The van der Waals surface area contributed by atoms with Gasteiger partial charge in [-0.05, 0) is 19.9 Å². The molecule has 0 radical (unpaired) electrons. The molecule has 0 spiro atoms. The summed E-state index contributed by atoms with van der Waals surface area (Å²) >= 11 is 0. The van der Waals surface area contributed by atoms with E-state index < -0.39 is 0 Å². The normalized spacial score (nSPS) is 12.2. The molecule has 1 unspecified atom stereocenters. The van der Waals surface area contributed by atoms with Crippen LogP contribution in [-0.2, 0) is 4.79 Å². The van der Waals surface area contributed by atoms with Crippen molar-refractivity contribution in [1.29, 1.82) is 0 Å². The topological polar surface area (TPSA) is 58.1 Å². The molecule has 0 aliphatic carbocycles. The van der Waals surface area contributed by atoms with Gasteiger partial charge in [-0.2, -0.15) is 10.2 Å². The third kappa shape index (κ3) is 2.81. The largest absolute Gasteiger partial charge is 0.372 e. The molecule has 1 aromatic carbocycles. The number of rotatable bonds is 4. The van der Waals surface area contributed by atoms with E-state index in [1.54, 1.807) is 18.1 Å². The Morgan fingerprint density at radius 1 is 1.42 bits per heavy atom. The third-order valence-corrected chi connectivity index (χ3v) is 3.14. The van der Waals surface area contributed by atoms with Crippen LogP contribution >= 0.6 is 0 Å². The van der Waals surface area contributed by atoms with Gasteiger partial charge in [0.1, 0.15) is 6.04 Å². The number of carbonyl (C=O) groups excluding carboxylic acids is 1. The molecule has 0 aliphatic heterocycles. The van der Waals surface area contributed by atoms with E-state index >= 15 is 0 Å². The van der Waals surface area contributed by atoms with Crippen LogP contribution in [0.1, 0.15) is 13.8 Å². The molecule has 5 heteroatoms. The second-order valence-electron chi connectivity index (χ2n) is 4.49. The second kappa shape index (κ2) is 5.65. The average Bonchev–Trinajstić information content (AvgIpc) is 2.46. The molecule has 2 rings (SSSR count). The Hall–Kier alpha value is -2.17. The molecule has 2 aromatic rings. The van der Waals surface area contributed by atoms with Gasteiger partial charge in [-0.3, -0.25) is 4.79 Å². The van der Waals surface area contributed by atoms with Crippen LogP contribution in [-0.4, -0.2) is 40.6 Å². The number of nitrogens with zero attached hydrogens (tertiary/aromatic N) is 3. The van der Waals surface area contributed by atoms with Gasteiger partial charge in [0.25, 0.3) is 0 Å². The van der Waals surface area contributed by atoms with Crippen LogP contribution in [0.3, 0.4) is 0 Å². The molecule has 5 nitrogen and oxygen atoms in total. The molecule has 19 heavy (non-hydrogen) atoms. The molecule has 0 fully saturated rings. The quantitative estimate of drug-likeness (QED) is 0.910. The molecule has 1 N–H and O–H groups in total. The number of aromatic nitrogens is 2. The fraction of sp³-hybridized carbons (Fsp3) is 0.357. The predicted octanol–water partition coefficient (Wildman–Crippen LogP) is 1.91. The van der Waals surface area contributed by atoms with Crippen molar-refractivity contribution in [2.45, 2.75) is 19.9 Å². The summed E-state index contributed by atoms with van der Waals surface area (Å²) in [5, 5.41) is 12.2. The Balaban J connectivity index is 2.24. The van der Waals surface area contributed by atoms with Crippen molar-refractivity contribution < 1.29 is 4.79 Å². The van der Waals surface area contributed by atoms with E-state index in [0.717, 1.165) is 16.6 Å². The van der Waals surface area contributed by atoms with E-state index in [0.29, 0.717) is 6.54 Å². The third-order valence-electron chi connectivity index (χ3n) is 3.14. The summed E-state index contributed by atoms with van der Waals surface area (Å²) < 4.78 is 0. The van der Waals surface area contributed by atoms with Crippen LogP contribution in [0, 0.1) is 0 Å². The molecule has 1 aromatic heterocycles. The number of fused-ring (bicyclic) bond motifs is 1. The maximum atomic E-state index is 12.0. The maximum Gasteiger partial charge on any atom is 0.244 e. The fourth-order valence-corrected chi connectivity index (χ4v) is 1.90. The van der Waals surface area contributed by atoms with Crippen LogP contribution in [0.5, 0.6) is 0 Å². The van der Waals surface area contributed by atoms with Crippen molar-refractivity contribution in [3.05, 3.63) is 30.5 Å². The molecule has 1 amide bonds. The first kappa shape index (κ1) is 13.3. The van der Waals surface area contributed by atoms with Crippen molar-refractivity contribution in [1.82, 2.24) is 15.1 Å². The standard InChI is InChI=1S/C14H18N4O/c1-4-18(3)14(19)10(2)16-13-9-15-17-12-8-6-5-7-11(12)13/h5-10H,4H2,1-3H3,(H,16,17). The minimum Gasteiger partial charge on any atom is -0.372 e. The average molecular weight is 258 g/mol. The van der Waals surface area contributed by atoms with E-state index in [2.05, 4.69) is 15.5 Å². The molecule has 0 bridgehead atoms. The number of hydrogen-bond acceptors (Lipinski definition) is 4. The molecule has 100 valence electrons. The van der Waals surface area contributed by atoms with E-state index in [1.807, 2.05) is 38.1 Å². The van der Waals surface area contributed by atoms with Crippen LogP contribution in [0.15, 0.2) is 30.5 Å². The van der Waals surface area contributed by atoms with Gasteiger partial charge in [0.05, 0.1) is 17.4 Å². The van der Waals surface area contributed by atoms with Gasteiger partial charge in [0.15, 0.2) is 0 Å². The number of nitrogens with one attached hydrogen (secondary N) is 1. The van der Waals surface area contributed by atoms with Crippen LogP contribution in [0.4, 0.5) is 5.69 Å². The van der Waals surface area contributed by atoms with Crippen LogP contribution < -0.4 is 5.32 Å². The lowest BCUT2D eigenvalue weighted by Crippen LogP contribution is -2.38. The summed E-state index contributed by atoms with van der Waals surface area (Å²) in [5.41, 5.74) is 1.65. The lowest BCUT2D eigenvalue weighted by atomic mass is 10.2. The van der Waals surface area contributed by atoms with Crippen molar-refractivity contribution >= 4 is 22.5 Å². The number of benzene rings is 1. The van der Waals surface area contributed by atoms with Crippen LogP contribution in [0.25, 0.3) is 10.9 Å². The van der Waals surface area contributed by atoms with Gasteiger partial charge in [-0.15, -0.1) is 0 Å². The number of hydrogen-bond donors (Lipinski definition) is 1. The smallest absolute Gasteiger partial charge is 0.244 e. The van der Waals surface area contributed by atoms with Gasteiger partial charge < -0.3 is 10.2 Å². The molecule has 0 saturated heterocycles. The van der Waals surface area contributed by atoms with Crippen molar-refractivity contribution in [2.24, 2.45) is 0 Å². The van der Waals surface area contributed by atoms with Gasteiger partial charge >= 0.3 is 0 Å². The Labute approximate surface area is 112 Å². The lowest BCUT2D eigenvalue weighted by Gasteiger charge is -2.21. The van der Waals surface area contributed by atoms with Gasteiger partial charge in [-0.25, -0.2) is 0 Å². The summed E-state index contributed by atoms with van der Waals surface area (Å²) in [7, 11) is 1.80. The first-order valence-electron chi connectivity index (χ1n) is 6.35. The zero-order valence-corrected chi connectivity index (χ0v) is 11.4. The first-order chi connectivity index (χ1) is 9.13. The SMILES string of the molecule is CCN(C)C(=O)C(C)Nc1cnnc2ccccc12. The molecular formula is C14H18N4O. The highest BCUT2D eigenvalue weighted by atomic mass is 16.2. The Morgan fingerprint density at radius 2 is 2.16 bits per heavy atom.